The van der Waals surface area contributed by atoms with E-state index in [1.54, 1.807) is 18.6 Å². The topological polar surface area (TPSA) is 64.9 Å². The molecule has 3 aromatic rings. The number of hydrogen-bond donors (Lipinski definition) is 1. The van der Waals surface area contributed by atoms with E-state index < -0.39 is 0 Å². The third kappa shape index (κ3) is 3.90. The third-order valence-electron chi connectivity index (χ3n) is 3.47. The van der Waals surface area contributed by atoms with Gasteiger partial charge in [0.1, 0.15) is 5.82 Å². The summed E-state index contributed by atoms with van der Waals surface area (Å²) in [6.45, 7) is 6.01. The molecule has 0 radical (unpaired) electrons. The van der Waals surface area contributed by atoms with Crippen LogP contribution in [-0.4, -0.2) is 25.9 Å². The first-order valence-corrected chi connectivity index (χ1v) is 7.97. The van der Waals surface area contributed by atoms with E-state index in [0.29, 0.717) is 11.7 Å². The smallest absolute Gasteiger partial charge is 0.234 e. The molecule has 0 aliphatic heterocycles. The minimum absolute atomic E-state index is 0.0673. The molecule has 1 atom stereocenters. The lowest BCUT2D eigenvalue weighted by Crippen LogP contribution is -2.11. The second-order valence-corrected chi connectivity index (χ2v) is 5.82. The molecule has 0 saturated heterocycles. The van der Waals surface area contributed by atoms with Crippen molar-refractivity contribution in [3.05, 3.63) is 60.7 Å². The molecule has 6 nitrogen and oxygen atoms in total. The van der Waals surface area contributed by atoms with E-state index in [2.05, 4.69) is 39.4 Å². The molecule has 1 aromatic carbocycles. The summed E-state index contributed by atoms with van der Waals surface area (Å²) in [5.41, 5.74) is 2.16. The van der Waals surface area contributed by atoms with Crippen molar-refractivity contribution in [2.24, 2.45) is 0 Å². The summed E-state index contributed by atoms with van der Waals surface area (Å²) in [6.07, 6.45) is 7.08. The van der Waals surface area contributed by atoms with Crippen molar-refractivity contribution < 1.29 is 4.74 Å². The third-order valence-corrected chi connectivity index (χ3v) is 3.47. The normalized spacial score (nSPS) is 12.2. The van der Waals surface area contributed by atoms with Gasteiger partial charge in [0.2, 0.25) is 5.88 Å². The van der Waals surface area contributed by atoms with Crippen molar-refractivity contribution in [3.63, 3.8) is 0 Å². The largest absolute Gasteiger partial charge is 0.474 e. The van der Waals surface area contributed by atoms with E-state index in [4.69, 9.17) is 4.74 Å². The van der Waals surface area contributed by atoms with Crippen LogP contribution < -0.4 is 10.1 Å². The number of nitrogens with one attached hydrogen (secondary N) is 1. The molecular weight excluding hydrogens is 302 g/mol. The van der Waals surface area contributed by atoms with Crippen LogP contribution in [0, 0.1) is 0 Å². The Morgan fingerprint density at radius 2 is 2.00 bits per heavy atom. The van der Waals surface area contributed by atoms with Crippen LogP contribution in [0.15, 0.2) is 55.1 Å². The first-order chi connectivity index (χ1) is 11.6. The molecule has 0 aliphatic rings. The molecule has 0 fully saturated rings. The molecule has 0 spiro atoms. The van der Waals surface area contributed by atoms with Gasteiger partial charge in [-0.05, 0) is 44.5 Å². The van der Waals surface area contributed by atoms with Gasteiger partial charge in [0.25, 0.3) is 0 Å². The second-order valence-electron chi connectivity index (χ2n) is 5.82. The van der Waals surface area contributed by atoms with Gasteiger partial charge in [0.15, 0.2) is 0 Å². The lowest BCUT2D eigenvalue weighted by Gasteiger charge is -2.16. The number of aromatic nitrogens is 4. The molecular formula is C18H21N5O. The number of benzene rings is 1. The Hall–Kier alpha value is -2.89. The highest BCUT2D eigenvalue weighted by Gasteiger charge is 2.09. The average Bonchev–Trinajstić information content (AvgIpc) is 3.09. The molecule has 2 aromatic heterocycles. The van der Waals surface area contributed by atoms with Crippen molar-refractivity contribution in [2.75, 3.05) is 5.32 Å². The number of hydrogen-bond acceptors (Lipinski definition) is 5. The molecule has 0 aliphatic carbocycles. The molecule has 6 heteroatoms. The number of nitrogens with zero attached hydrogens (tertiary/aromatic N) is 4. The fraction of sp³-hybridized carbons (Fsp3) is 0.278. The van der Waals surface area contributed by atoms with E-state index in [0.717, 1.165) is 11.3 Å². The Labute approximate surface area is 141 Å². The minimum Gasteiger partial charge on any atom is -0.474 e. The fourth-order valence-electron chi connectivity index (χ4n) is 2.38. The maximum Gasteiger partial charge on any atom is 0.234 e. The Morgan fingerprint density at radius 1 is 1.12 bits per heavy atom. The van der Waals surface area contributed by atoms with Gasteiger partial charge in [-0.15, -0.1) is 0 Å². The quantitative estimate of drug-likeness (QED) is 0.750. The highest BCUT2D eigenvalue weighted by molar-refractivity contribution is 5.41. The van der Waals surface area contributed by atoms with Crippen LogP contribution >= 0.6 is 0 Å². The van der Waals surface area contributed by atoms with E-state index in [-0.39, 0.29) is 12.1 Å². The number of rotatable bonds is 6. The van der Waals surface area contributed by atoms with Gasteiger partial charge in [-0.25, -0.2) is 4.68 Å². The van der Waals surface area contributed by atoms with Crippen molar-refractivity contribution in [2.45, 2.75) is 32.9 Å². The first-order valence-electron chi connectivity index (χ1n) is 7.97. The van der Waals surface area contributed by atoms with Gasteiger partial charge in [-0.1, -0.05) is 12.1 Å². The zero-order valence-electron chi connectivity index (χ0n) is 14.0. The Kier molecular flexibility index (Phi) is 4.74. The van der Waals surface area contributed by atoms with E-state index in [1.807, 2.05) is 42.9 Å². The van der Waals surface area contributed by atoms with Gasteiger partial charge >= 0.3 is 0 Å². The molecule has 0 amide bonds. The van der Waals surface area contributed by atoms with Crippen molar-refractivity contribution >= 4 is 5.82 Å². The lowest BCUT2D eigenvalue weighted by atomic mass is 10.1. The van der Waals surface area contributed by atoms with Crippen LogP contribution in [-0.2, 0) is 0 Å². The van der Waals surface area contributed by atoms with Gasteiger partial charge in [-0.3, -0.25) is 4.98 Å². The van der Waals surface area contributed by atoms with Gasteiger partial charge in [-0.2, -0.15) is 10.1 Å². The van der Waals surface area contributed by atoms with Gasteiger partial charge in [0.05, 0.1) is 30.2 Å². The molecule has 2 heterocycles. The second kappa shape index (κ2) is 7.12. The van der Waals surface area contributed by atoms with Gasteiger partial charge < -0.3 is 10.1 Å². The molecule has 24 heavy (non-hydrogen) atoms. The number of anilines is 1. The first kappa shape index (κ1) is 16.0. The summed E-state index contributed by atoms with van der Waals surface area (Å²) < 4.78 is 7.43. The van der Waals surface area contributed by atoms with Crippen LogP contribution in [0.1, 0.15) is 32.4 Å². The molecule has 124 valence electrons. The Balaban J connectivity index is 1.75. The fourth-order valence-corrected chi connectivity index (χ4v) is 2.38. The molecule has 1 N–H and O–H groups in total. The van der Waals surface area contributed by atoms with E-state index >= 15 is 0 Å². The molecule has 0 bridgehead atoms. The summed E-state index contributed by atoms with van der Waals surface area (Å²) in [5.74, 6) is 1.21. The molecule has 3 rings (SSSR count). The SMILES string of the molecule is CC(C)Oc1cncc(NC(C)c2cccc(-n3cccn3)c2)n1. The summed E-state index contributed by atoms with van der Waals surface area (Å²) in [6, 6.07) is 10.2. The highest BCUT2D eigenvalue weighted by Crippen LogP contribution is 2.21. The monoisotopic (exact) mass is 323 g/mol. The maximum atomic E-state index is 5.58. The van der Waals surface area contributed by atoms with Crippen LogP contribution in [0.4, 0.5) is 5.82 Å². The maximum absolute atomic E-state index is 5.58. The van der Waals surface area contributed by atoms with Crippen LogP contribution in [0.3, 0.4) is 0 Å². The summed E-state index contributed by atoms with van der Waals surface area (Å²) in [5, 5.41) is 7.63. The summed E-state index contributed by atoms with van der Waals surface area (Å²) >= 11 is 0. The zero-order chi connectivity index (χ0) is 16.9. The average molecular weight is 323 g/mol. The van der Waals surface area contributed by atoms with Crippen LogP contribution in [0.5, 0.6) is 5.88 Å². The zero-order valence-corrected chi connectivity index (χ0v) is 14.0. The van der Waals surface area contributed by atoms with Crippen LogP contribution in [0.25, 0.3) is 5.69 Å². The van der Waals surface area contributed by atoms with Crippen molar-refractivity contribution in [1.29, 1.82) is 0 Å². The number of ether oxygens (including phenoxy) is 1. The van der Waals surface area contributed by atoms with E-state index in [9.17, 15) is 0 Å². The standard InChI is InChI=1S/C18H21N5O/c1-13(2)24-18-12-19-11-17(22-18)21-14(3)15-6-4-7-16(10-15)23-9-5-8-20-23/h4-14H,1-3H3,(H,21,22). The summed E-state index contributed by atoms with van der Waals surface area (Å²) in [4.78, 5) is 8.62. The predicted molar refractivity (Wildman–Crippen MR) is 93.4 cm³/mol. The Bertz CT molecular complexity index is 786. The highest BCUT2D eigenvalue weighted by atomic mass is 16.5. The minimum atomic E-state index is 0.0673. The lowest BCUT2D eigenvalue weighted by molar-refractivity contribution is 0.232. The van der Waals surface area contributed by atoms with Crippen molar-refractivity contribution in [1.82, 2.24) is 19.7 Å². The van der Waals surface area contributed by atoms with Gasteiger partial charge in [0, 0.05) is 12.4 Å². The molecule has 0 saturated carbocycles. The van der Waals surface area contributed by atoms with E-state index in [1.165, 1.54) is 0 Å². The van der Waals surface area contributed by atoms with Crippen molar-refractivity contribution in [3.8, 4) is 11.6 Å². The predicted octanol–water partition coefficient (Wildman–Crippen LogP) is 3.62. The molecule has 1 unspecified atom stereocenters. The summed E-state index contributed by atoms with van der Waals surface area (Å²) in [7, 11) is 0. The van der Waals surface area contributed by atoms with Crippen LogP contribution in [0.2, 0.25) is 0 Å². The Morgan fingerprint density at radius 3 is 2.75 bits per heavy atom.